The molecule has 2 amide bonds. The lowest BCUT2D eigenvalue weighted by atomic mass is 10.1. The highest BCUT2D eigenvalue weighted by Gasteiger charge is 2.15. The molecule has 36 heavy (non-hydrogen) atoms. The number of hydrogen-bond acceptors (Lipinski definition) is 5. The third-order valence-corrected chi connectivity index (χ3v) is 5.54. The number of aryl methyl sites for hydroxylation is 1. The number of nitrogens with zero attached hydrogens (tertiary/aromatic N) is 2. The number of ether oxygens (including phenoxy) is 2. The highest BCUT2D eigenvalue weighted by molar-refractivity contribution is 6.06. The van der Waals surface area contributed by atoms with Gasteiger partial charge >= 0.3 is 0 Å². The van der Waals surface area contributed by atoms with Crippen LogP contribution in [-0.4, -0.2) is 36.8 Å². The predicted molar refractivity (Wildman–Crippen MR) is 140 cm³/mol. The molecule has 0 bridgehead atoms. The number of benzene rings is 3. The van der Waals surface area contributed by atoms with Crippen molar-refractivity contribution in [2.24, 2.45) is 12.1 Å². The SMILES string of the molecule is COc1ccc(/C=C(/NC(=O)c2ccccc2)C(=O)N/N=C\c2cn(C)c3ccccc23)cc1OC. The Kier molecular flexibility index (Phi) is 7.45. The molecule has 0 aliphatic rings. The van der Waals surface area contributed by atoms with E-state index in [0.717, 1.165) is 16.5 Å². The number of rotatable bonds is 8. The van der Waals surface area contributed by atoms with Crippen molar-refractivity contribution in [2.45, 2.75) is 0 Å². The molecule has 0 radical (unpaired) electrons. The number of fused-ring (bicyclic) bond motifs is 1. The summed E-state index contributed by atoms with van der Waals surface area (Å²) in [4.78, 5) is 25.9. The van der Waals surface area contributed by atoms with Crippen LogP contribution < -0.4 is 20.2 Å². The number of nitrogens with one attached hydrogen (secondary N) is 2. The van der Waals surface area contributed by atoms with Gasteiger partial charge in [-0.25, -0.2) is 5.43 Å². The van der Waals surface area contributed by atoms with Crippen LogP contribution >= 0.6 is 0 Å². The summed E-state index contributed by atoms with van der Waals surface area (Å²) in [6.07, 6.45) is 5.05. The van der Waals surface area contributed by atoms with Gasteiger partial charge in [0.2, 0.25) is 0 Å². The van der Waals surface area contributed by atoms with Crippen LogP contribution in [0.3, 0.4) is 0 Å². The lowest BCUT2D eigenvalue weighted by Gasteiger charge is -2.11. The van der Waals surface area contributed by atoms with Crippen LogP contribution in [0, 0.1) is 0 Å². The van der Waals surface area contributed by atoms with E-state index in [2.05, 4.69) is 15.8 Å². The van der Waals surface area contributed by atoms with E-state index in [1.54, 1.807) is 61.9 Å². The Balaban J connectivity index is 1.60. The van der Waals surface area contributed by atoms with Gasteiger partial charge in [-0.3, -0.25) is 9.59 Å². The van der Waals surface area contributed by atoms with Crippen LogP contribution in [0.15, 0.2) is 89.8 Å². The highest BCUT2D eigenvalue weighted by atomic mass is 16.5. The Bertz CT molecular complexity index is 1460. The molecule has 0 saturated heterocycles. The topological polar surface area (TPSA) is 94.0 Å². The second-order valence-corrected chi connectivity index (χ2v) is 7.90. The van der Waals surface area contributed by atoms with Gasteiger partial charge in [0, 0.05) is 35.3 Å². The number of aromatic nitrogens is 1. The van der Waals surface area contributed by atoms with Crippen LogP contribution in [0.5, 0.6) is 11.5 Å². The summed E-state index contributed by atoms with van der Waals surface area (Å²) in [5, 5.41) is 7.83. The third-order valence-electron chi connectivity index (χ3n) is 5.54. The molecule has 0 fully saturated rings. The molecule has 2 N–H and O–H groups in total. The maximum Gasteiger partial charge on any atom is 0.287 e. The lowest BCUT2D eigenvalue weighted by molar-refractivity contribution is -0.117. The Morgan fingerprint density at radius 2 is 1.64 bits per heavy atom. The van der Waals surface area contributed by atoms with E-state index in [-0.39, 0.29) is 5.70 Å². The normalized spacial score (nSPS) is 11.5. The number of para-hydroxylation sites is 1. The minimum absolute atomic E-state index is 0.0196. The zero-order chi connectivity index (χ0) is 25.5. The summed E-state index contributed by atoms with van der Waals surface area (Å²) in [5.74, 6) is 0.0455. The van der Waals surface area contributed by atoms with Crippen molar-refractivity contribution in [1.82, 2.24) is 15.3 Å². The van der Waals surface area contributed by atoms with Gasteiger partial charge in [-0.1, -0.05) is 42.5 Å². The fraction of sp³-hybridized carbons (Fsp3) is 0.107. The molecule has 0 saturated carbocycles. The van der Waals surface area contributed by atoms with Gasteiger partial charge in [0.05, 0.1) is 20.4 Å². The van der Waals surface area contributed by atoms with Crippen molar-refractivity contribution in [1.29, 1.82) is 0 Å². The molecule has 0 atom stereocenters. The van der Waals surface area contributed by atoms with Crippen molar-refractivity contribution in [2.75, 3.05) is 14.2 Å². The monoisotopic (exact) mass is 482 g/mol. The van der Waals surface area contributed by atoms with Crippen LogP contribution in [0.1, 0.15) is 21.5 Å². The average Bonchev–Trinajstić information content (AvgIpc) is 3.23. The predicted octanol–water partition coefficient (Wildman–Crippen LogP) is 4.12. The van der Waals surface area contributed by atoms with Crippen molar-refractivity contribution in [3.8, 4) is 11.5 Å². The Hall–Kier alpha value is -4.85. The fourth-order valence-corrected chi connectivity index (χ4v) is 3.75. The van der Waals surface area contributed by atoms with Gasteiger partial charge in [-0.2, -0.15) is 5.10 Å². The first-order chi connectivity index (χ1) is 17.5. The van der Waals surface area contributed by atoms with E-state index in [1.165, 1.54) is 7.11 Å². The van der Waals surface area contributed by atoms with Crippen LogP contribution in [0.25, 0.3) is 17.0 Å². The number of hydrogen-bond donors (Lipinski definition) is 2. The average molecular weight is 483 g/mol. The molecule has 8 heteroatoms. The molecule has 0 aliphatic carbocycles. The van der Waals surface area contributed by atoms with Crippen molar-refractivity contribution in [3.63, 3.8) is 0 Å². The van der Waals surface area contributed by atoms with Gasteiger partial charge in [-0.15, -0.1) is 0 Å². The van der Waals surface area contributed by atoms with Gasteiger partial charge in [0.25, 0.3) is 11.8 Å². The highest BCUT2D eigenvalue weighted by Crippen LogP contribution is 2.28. The van der Waals surface area contributed by atoms with Gasteiger partial charge in [-0.05, 0) is 42.0 Å². The maximum absolute atomic E-state index is 13.1. The number of hydrazone groups is 1. The van der Waals surface area contributed by atoms with Crippen LogP contribution in [0.4, 0.5) is 0 Å². The molecular weight excluding hydrogens is 456 g/mol. The maximum atomic E-state index is 13.1. The van der Waals surface area contributed by atoms with Gasteiger partial charge in [0.1, 0.15) is 5.70 Å². The first kappa shape index (κ1) is 24.3. The summed E-state index contributed by atoms with van der Waals surface area (Å²) in [7, 11) is 5.01. The minimum atomic E-state index is -0.578. The summed E-state index contributed by atoms with van der Waals surface area (Å²) >= 11 is 0. The first-order valence-electron chi connectivity index (χ1n) is 11.2. The molecule has 0 spiro atoms. The molecule has 4 rings (SSSR count). The standard InChI is InChI=1S/C28H26N4O4/c1-32-18-21(22-11-7-8-12-24(22)32)17-29-31-28(34)23(30-27(33)20-9-5-4-6-10-20)15-19-13-14-25(35-2)26(16-19)36-3/h4-18H,1-3H3,(H,30,33)(H,31,34)/b23-15+,29-17-. The van der Waals surface area contributed by atoms with E-state index < -0.39 is 11.8 Å². The van der Waals surface area contributed by atoms with E-state index in [0.29, 0.717) is 22.6 Å². The van der Waals surface area contributed by atoms with E-state index in [4.69, 9.17) is 9.47 Å². The summed E-state index contributed by atoms with van der Waals surface area (Å²) < 4.78 is 12.6. The van der Waals surface area contributed by atoms with Crippen molar-refractivity contribution < 1.29 is 19.1 Å². The zero-order valence-electron chi connectivity index (χ0n) is 20.2. The Morgan fingerprint density at radius 1 is 0.917 bits per heavy atom. The number of carbonyl (C=O) groups excluding carboxylic acids is 2. The molecule has 182 valence electrons. The number of methoxy groups -OCH3 is 2. The molecule has 0 unspecified atom stereocenters. The van der Waals surface area contributed by atoms with Crippen molar-refractivity contribution in [3.05, 3.63) is 101 Å². The molecule has 1 heterocycles. The largest absolute Gasteiger partial charge is 0.493 e. The van der Waals surface area contributed by atoms with Gasteiger partial charge < -0.3 is 19.4 Å². The molecule has 8 nitrogen and oxygen atoms in total. The first-order valence-corrected chi connectivity index (χ1v) is 11.2. The molecule has 4 aromatic rings. The Labute approximate surface area is 208 Å². The number of amides is 2. The zero-order valence-corrected chi connectivity index (χ0v) is 20.2. The van der Waals surface area contributed by atoms with Crippen LogP contribution in [-0.2, 0) is 11.8 Å². The summed E-state index contributed by atoms with van der Waals surface area (Å²) in [6.45, 7) is 0. The second-order valence-electron chi connectivity index (χ2n) is 7.90. The van der Waals surface area contributed by atoms with E-state index in [1.807, 2.05) is 48.1 Å². The fourth-order valence-electron chi connectivity index (χ4n) is 3.75. The number of carbonyl (C=O) groups is 2. The van der Waals surface area contributed by atoms with Gasteiger partial charge in [0.15, 0.2) is 11.5 Å². The molecule has 0 aliphatic heterocycles. The summed E-state index contributed by atoms with van der Waals surface area (Å²) in [6, 6.07) is 21.7. The smallest absolute Gasteiger partial charge is 0.287 e. The van der Waals surface area contributed by atoms with Crippen molar-refractivity contribution >= 4 is 35.0 Å². The second kappa shape index (κ2) is 11.1. The quantitative estimate of drug-likeness (QED) is 0.224. The third kappa shape index (κ3) is 5.44. The molecule has 3 aromatic carbocycles. The lowest BCUT2D eigenvalue weighted by Crippen LogP contribution is -2.32. The molecule has 1 aromatic heterocycles. The summed E-state index contributed by atoms with van der Waals surface area (Å²) in [5.41, 5.74) is 5.49. The minimum Gasteiger partial charge on any atom is -0.493 e. The van der Waals surface area contributed by atoms with E-state index >= 15 is 0 Å². The van der Waals surface area contributed by atoms with E-state index in [9.17, 15) is 9.59 Å². The Morgan fingerprint density at radius 3 is 2.39 bits per heavy atom. The van der Waals surface area contributed by atoms with Crippen LogP contribution in [0.2, 0.25) is 0 Å². The molecular formula is C28H26N4O4.